The van der Waals surface area contributed by atoms with Crippen LogP contribution >= 0.6 is 0 Å². The Morgan fingerprint density at radius 3 is 3.11 bits per heavy atom. The Morgan fingerprint density at radius 2 is 2.29 bits per heavy atom. The van der Waals surface area contributed by atoms with E-state index >= 15 is 0 Å². The van der Waals surface area contributed by atoms with Crippen molar-refractivity contribution in [1.82, 2.24) is 19.9 Å². The molecule has 4 heterocycles. The topological polar surface area (TPSA) is 104 Å². The highest BCUT2D eigenvalue weighted by Gasteiger charge is 2.38. The largest absolute Gasteiger partial charge is 0.485 e. The van der Waals surface area contributed by atoms with Crippen LogP contribution in [0, 0.1) is 11.3 Å². The van der Waals surface area contributed by atoms with E-state index < -0.39 is 5.60 Å². The zero-order valence-electron chi connectivity index (χ0n) is 15.5. The summed E-state index contributed by atoms with van der Waals surface area (Å²) in [6, 6.07) is 7.61. The first-order valence-electron chi connectivity index (χ1n) is 9.11. The zero-order chi connectivity index (χ0) is 19.5. The first-order valence-corrected chi connectivity index (χ1v) is 9.11. The van der Waals surface area contributed by atoms with E-state index in [1.807, 2.05) is 26.0 Å². The lowest BCUT2D eigenvalue weighted by atomic mass is 9.95. The molecule has 0 saturated carbocycles. The first kappa shape index (κ1) is 16.6. The van der Waals surface area contributed by atoms with Crippen molar-refractivity contribution >= 4 is 17.4 Å². The number of nitrogens with zero attached hydrogens (tertiary/aromatic N) is 4. The second kappa shape index (κ2) is 5.70. The fourth-order valence-corrected chi connectivity index (χ4v) is 3.91. The van der Waals surface area contributed by atoms with Gasteiger partial charge in [0.1, 0.15) is 22.7 Å². The molecule has 1 unspecified atom stereocenters. The van der Waals surface area contributed by atoms with E-state index in [0.717, 1.165) is 16.9 Å². The number of fused-ring (bicyclic) bond motifs is 2. The summed E-state index contributed by atoms with van der Waals surface area (Å²) >= 11 is 0. The van der Waals surface area contributed by atoms with E-state index in [9.17, 15) is 10.1 Å². The lowest BCUT2D eigenvalue weighted by molar-refractivity contribution is 0.0839. The number of carbonyl (C=O) groups is 1. The van der Waals surface area contributed by atoms with Crippen molar-refractivity contribution < 1.29 is 9.53 Å². The van der Waals surface area contributed by atoms with Gasteiger partial charge in [0.05, 0.1) is 30.4 Å². The molecule has 0 aliphatic carbocycles. The predicted octanol–water partition coefficient (Wildman–Crippen LogP) is 2.21. The monoisotopic (exact) mass is 374 g/mol. The molecule has 8 heteroatoms. The Hall–Kier alpha value is -3.60. The van der Waals surface area contributed by atoms with Crippen LogP contribution in [0.3, 0.4) is 0 Å². The fraction of sp³-hybridized carbons (Fsp3) is 0.300. The minimum Gasteiger partial charge on any atom is -0.485 e. The molecule has 140 valence electrons. The van der Waals surface area contributed by atoms with Crippen LogP contribution in [0.15, 0.2) is 30.6 Å². The molecular formula is C20H18N6O2. The highest BCUT2D eigenvalue weighted by Crippen LogP contribution is 2.41. The number of hydrogen-bond donors (Lipinski definition) is 2. The lowest BCUT2D eigenvalue weighted by Crippen LogP contribution is -2.44. The maximum absolute atomic E-state index is 12.7. The molecule has 2 aliphatic heterocycles. The zero-order valence-corrected chi connectivity index (χ0v) is 15.5. The highest BCUT2D eigenvalue weighted by molar-refractivity contribution is 5.99. The third-order valence-electron chi connectivity index (χ3n) is 5.30. The highest BCUT2D eigenvalue weighted by atomic mass is 16.5. The van der Waals surface area contributed by atoms with Crippen molar-refractivity contribution in [1.29, 1.82) is 5.26 Å². The lowest BCUT2D eigenvalue weighted by Gasteiger charge is -2.25. The minimum absolute atomic E-state index is 0.143. The van der Waals surface area contributed by atoms with Crippen LogP contribution in [0.25, 0.3) is 5.65 Å². The van der Waals surface area contributed by atoms with E-state index in [2.05, 4.69) is 26.8 Å². The van der Waals surface area contributed by atoms with Crippen LogP contribution in [0.4, 0.5) is 5.82 Å². The summed E-state index contributed by atoms with van der Waals surface area (Å²) in [6.07, 6.45) is 3.90. The van der Waals surface area contributed by atoms with Crippen molar-refractivity contribution in [3.05, 3.63) is 52.8 Å². The van der Waals surface area contributed by atoms with Gasteiger partial charge >= 0.3 is 0 Å². The second-order valence-corrected chi connectivity index (χ2v) is 7.58. The number of anilines is 1. The maximum atomic E-state index is 12.7. The van der Waals surface area contributed by atoms with Crippen LogP contribution in [-0.4, -0.2) is 32.7 Å². The summed E-state index contributed by atoms with van der Waals surface area (Å²) in [7, 11) is 0. The summed E-state index contributed by atoms with van der Waals surface area (Å²) in [5.74, 6) is 1.15. The summed E-state index contributed by atoms with van der Waals surface area (Å²) in [6.45, 7) is 4.30. The van der Waals surface area contributed by atoms with E-state index in [1.165, 1.54) is 6.20 Å². The van der Waals surface area contributed by atoms with Gasteiger partial charge in [0.15, 0.2) is 5.65 Å². The standard InChI is InChI=1S/C20H18N6O2/c1-11-14-6-12(8-21)5-13-7-20(2,28-17(13)14)10-22-19(27)15-9-23-26-4-3-16(24-11)25-18(15)26/h3-6,9,11H,7,10H2,1-2H3,(H,22,27)(H,24,25)/t11-,20?/m1/s1. The van der Waals surface area contributed by atoms with Crippen LogP contribution in [0.2, 0.25) is 0 Å². The van der Waals surface area contributed by atoms with Crippen LogP contribution in [-0.2, 0) is 6.42 Å². The third kappa shape index (κ3) is 2.47. The molecule has 2 aromatic heterocycles. The molecule has 2 N–H and O–H groups in total. The molecule has 2 aliphatic rings. The molecule has 8 nitrogen and oxygen atoms in total. The number of rotatable bonds is 0. The third-order valence-corrected chi connectivity index (χ3v) is 5.30. The SMILES string of the molecule is C[C@H]1Nc2ccn3ncc(c3n2)C(=O)NCC2(C)Cc3cc(C#N)cc1c3O2. The summed E-state index contributed by atoms with van der Waals surface area (Å²) in [4.78, 5) is 17.3. The summed E-state index contributed by atoms with van der Waals surface area (Å²) in [5, 5.41) is 20.0. The maximum Gasteiger partial charge on any atom is 0.256 e. The normalized spacial score (nSPS) is 23.0. The van der Waals surface area contributed by atoms with Crippen molar-refractivity contribution in [3.63, 3.8) is 0 Å². The van der Waals surface area contributed by atoms with Gasteiger partial charge < -0.3 is 15.4 Å². The molecule has 28 heavy (non-hydrogen) atoms. The van der Waals surface area contributed by atoms with Crippen LogP contribution in [0.5, 0.6) is 5.75 Å². The second-order valence-electron chi connectivity index (χ2n) is 7.58. The van der Waals surface area contributed by atoms with E-state index in [4.69, 9.17) is 4.74 Å². The van der Waals surface area contributed by atoms with Crippen LogP contribution < -0.4 is 15.4 Å². The number of nitriles is 1. The summed E-state index contributed by atoms with van der Waals surface area (Å²) < 4.78 is 7.89. The number of ether oxygens (including phenoxy) is 1. The molecule has 0 fully saturated rings. The molecule has 2 atom stereocenters. The molecule has 1 aromatic carbocycles. The van der Waals surface area contributed by atoms with Gasteiger partial charge in [-0.1, -0.05) is 0 Å². The van der Waals surface area contributed by atoms with E-state index in [1.54, 1.807) is 16.8 Å². The van der Waals surface area contributed by atoms with Crippen molar-refractivity contribution in [2.24, 2.45) is 0 Å². The van der Waals surface area contributed by atoms with E-state index in [0.29, 0.717) is 35.6 Å². The number of nitrogens with one attached hydrogen (secondary N) is 2. The van der Waals surface area contributed by atoms with Crippen LogP contribution in [0.1, 0.15) is 46.9 Å². The van der Waals surface area contributed by atoms with Gasteiger partial charge in [0, 0.05) is 18.2 Å². The molecular weight excluding hydrogens is 356 g/mol. The Balaban J connectivity index is 1.68. The average Bonchev–Trinajstić information content (AvgIpc) is 3.24. The van der Waals surface area contributed by atoms with Gasteiger partial charge in [-0.25, -0.2) is 9.50 Å². The minimum atomic E-state index is -0.590. The van der Waals surface area contributed by atoms with Gasteiger partial charge in [-0.2, -0.15) is 10.4 Å². The summed E-state index contributed by atoms with van der Waals surface area (Å²) in [5.41, 5.74) is 2.78. The van der Waals surface area contributed by atoms with Gasteiger partial charge in [-0.15, -0.1) is 0 Å². The number of aromatic nitrogens is 3. The molecule has 0 spiro atoms. The molecule has 1 amide bonds. The Morgan fingerprint density at radius 1 is 1.43 bits per heavy atom. The quantitative estimate of drug-likeness (QED) is 0.625. The Bertz CT molecular complexity index is 1180. The molecule has 0 saturated heterocycles. The molecule has 4 bridgehead atoms. The predicted molar refractivity (Wildman–Crippen MR) is 101 cm³/mol. The average molecular weight is 374 g/mol. The van der Waals surface area contributed by atoms with Gasteiger partial charge in [0.25, 0.3) is 5.91 Å². The van der Waals surface area contributed by atoms with Crippen molar-refractivity contribution in [3.8, 4) is 11.8 Å². The Kier molecular flexibility index (Phi) is 3.37. The number of hydrogen-bond acceptors (Lipinski definition) is 6. The van der Waals surface area contributed by atoms with Crippen molar-refractivity contribution in [2.45, 2.75) is 31.9 Å². The molecule has 5 rings (SSSR count). The first-order chi connectivity index (χ1) is 13.5. The van der Waals surface area contributed by atoms with E-state index in [-0.39, 0.29) is 11.9 Å². The van der Waals surface area contributed by atoms with Gasteiger partial charge in [0.2, 0.25) is 0 Å². The van der Waals surface area contributed by atoms with Gasteiger partial charge in [-0.05, 0) is 37.6 Å². The number of amides is 1. The number of benzene rings is 1. The fourth-order valence-electron chi connectivity index (χ4n) is 3.91. The number of carbonyl (C=O) groups excluding carboxylic acids is 1. The molecule has 0 radical (unpaired) electrons. The van der Waals surface area contributed by atoms with Crippen molar-refractivity contribution in [2.75, 3.05) is 11.9 Å². The van der Waals surface area contributed by atoms with Gasteiger partial charge in [-0.3, -0.25) is 4.79 Å². The molecule has 3 aromatic rings. The Labute approximate surface area is 161 Å². The smallest absolute Gasteiger partial charge is 0.256 e.